The highest BCUT2D eigenvalue weighted by molar-refractivity contribution is 5.93. The maximum Gasteiger partial charge on any atom is 0.253 e. The predicted molar refractivity (Wildman–Crippen MR) is 81.7 cm³/mol. The molecule has 7 heteroatoms. The van der Waals surface area contributed by atoms with Gasteiger partial charge in [0.2, 0.25) is 5.89 Å². The van der Waals surface area contributed by atoms with Gasteiger partial charge in [-0.3, -0.25) is 9.78 Å². The molecule has 1 N–H and O–H groups in total. The molecule has 0 aliphatic heterocycles. The van der Waals surface area contributed by atoms with Gasteiger partial charge in [-0.2, -0.15) is 0 Å². The summed E-state index contributed by atoms with van der Waals surface area (Å²) in [6.07, 6.45) is 3.09. The second-order valence-electron chi connectivity index (χ2n) is 4.63. The lowest BCUT2D eigenvalue weighted by molar-refractivity contribution is 0.0947. The number of amides is 1. The zero-order valence-electron chi connectivity index (χ0n) is 12.4. The molecule has 116 valence electrons. The van der Waals surface area contributed by atoms with Crippen LogP contribution in [0.25, 0.3) is 11.5 Å². The van der Waals surface area contributed by atoms with Gasteiger partial charge in [0.15, 0.2) is 0 Å². The third-order valence-electron chi connectivity index (χ3n) is 3.13. The third-order valence-corrected chi connectivity index (χ3v) is 3.13. The van der Waals surface area contributed by atoms with Crippen LogP contribution in [0, 0.1) is 0 Å². The van der Waals surface area contributed by atoms with Crippen LogP contribution in [0.4, 0.5) is 0 Å². The lowest BCUT2D eigenvalue weighted by atomic mass is 10.2. The molecule has 0 unspecified atom stereocenters. The average Bonchev–Trinajstić information content (AvgIpc) is 3.09. The van der Waals surface area contributed by atoms with Crippen LogP contribution in [-0.2, 0) is 6.54 Å². The molecule has 2 aromatic heterocycles. The minimum Gasteiger partial charge on any atom is -0.496 e. The van der Waals surface area contributed by atoms with Crippen molar-refractivity contribution in [2.24, 2.45) is 0 Å². The molecule has 0 spiro atoms. The van der Waals surface area contributed by atoms with E-state index in [-0.39, 0.29) is 12.5 Å². The monoisotopic (exact) mass is 310 g/mol. The molecule has 3 rings (SSSR count). The number of carbonyl (C=O) groups excluding carboxylic acids is 1. The lowest BCUT2D eigenvalue weighted by Gasteiger charge is -2.03. The van der Waals surface area contributed by atoms with E-state index >= 15 is 0 Å². The van der Waals surface area contributed by atoms with Crippen molar-refractivity contribution in [2.75, 3.05) is 7.11 Å². The summed E-state index contributed by atoms with van der Waals surface area (Å²) < 4.78 is 10.8. The third kappa shape index (κ3) is 3.34. The Balaban J connectivity index is 1.69. The van der Waals surface area contributed by atoms with E-state index in [0.717, 1.165) is 0 Å². The summed E-state index contributed by atoms with van der Waals surface area (Å²) in [6, 6.07) is 10.7. The van der Waals surface area contributed by atoms with E-state index in [1.807, 2.05) is 24.3 Å². The number of nitrogens with one attached hydrogen (secondary N) is 1. The predicted octanol–water partition coefficient (Wildman–Crippen LogP) is 2.07. The first-order valence-corrected chi connectivity index (χ1v) is 6.92. The Labute approximate surface area is 132 Å². The summed E-state index contributed by atoms with van der Waals surface area (Å²) in [7, 11) is 1.57. The van der Waals surface area contributed by atoms with Gasteiger partial charge in [0.25, 0.3) is 11.8 Å². The molecule has 0 bridgehead atoms. The minimum absolute atomic E-state index is 0.135. The SMILES string of the molecule is COc1ccccc1-c1nnc(CNC(=O)c2cccnc2)o1. The molecule has 0 aliphatic carbocycles. The van der Waals surface area contributed by atoms with Gasteiger partial charge in [-0.15, -0.1) is 10.2 Å². The van der Waals surface area contributed by atoms with Gasteiger partial charge in [0, 0.05) is 12.4 Å². The maximum atomic E-state index is 11.9. The first-order chi connectivity index (χ1) is 11.3. The number of ether oxygens (including phenoxy) is 1. The molecule has 1 amide bonds. The molecule has 0 atom stereocenters. The van der Waals surface area contributed by atoms with Crippen LogP contribution in [0.1, 0.15) is 16.2 Å². The highest BCUT2D eigenvalue weighted by atomic mass is 16.5. The van der Waals surface area contributed by atoms with Crippen molar-refractivity contribution in [2.45, 2.75) is 6.54 Å². The molecule has 0 saturated carbocycles. The smallest absolute Gasteiger partial charge is 0.253 e. The van der Waals surface area contributed by atoms with Crippen LogP contribution < -0.4 is 10.1 Å². The molecule has 7 nitrogen and oxygen atoms in total. The molecule has 0 aliphatic rings. The second kappa shape index (κ2) is 6.69. The summed E-state index contributed by atoms with van der Waals surface area (Å²) in [5.41, 5.74) is 1.17. The van der Waals surface area contributed by atoms with Gasteiger partial charge in [0.05, 0.1) is 24.8 Å². The Morgan fingerprint density at radius 2 is 2.09 bits per heavy atom. The Bertz CT molecular complexity index is 802. The van der Waals surface area contributed by atoms with E-state index in [0.29, 0.717) is 28.7 Å². The Hall–Kier alpha value is -3.22. The Morgan fingerprint density at radius 1 is 1.22 bits per heavy atom. The quantitative estimate of drug-likeness (QED) is 0.776. The zero-order chi connectivity index (χ0) is 16.1. The van der Waals surface area contributed by atoms with Crippen LogP contribution in [0.3, 0.4) is 0 Å². The van der Waals surface area contributed by atoms with Gasteiger partial charge < -0.3 is 14.5 Å². The van der Waals surface area contributed by atoms with E-state index in [4.69, 9.17) is 9.15 Å². The normalized spacial score (nSPS) is 10.3. The highest BCUT2D eigenvalue weighted by Gasteiger charge is 2.13. The molecule has 2 heterocycles. The fourth-order valence-corrected chi connectivity index (χ4v) is 2.01. The highest BCUT2D eigenvalue weighted by Crippen LogP contribution is 2.28. The van der Waals surface area contributed by atoms with Gasteiger partial charge in [-0.05, 0) is 24.3 Å². The maximum absolute atomic E-state index is 11.9. The standard InChI is InChI=1S/C16H14N4O3/c1-22-13-7-3-2-6-12(13)16-20-19-14(23-16)10-18-15(21)11-5-4-8-17-9-11/h2-9H,10H2,1H3,(H,18,21). The van der Waals surface area contributed by atoms with E-state index in [1.54, 1.807) is 25.4 Å². The zero-order valence-corrected chi connectivity index (χ0v) is 12.4. The summed E-state index contributed by atoms with van der Waals surface area (Å²) >= 11 is 0. The summed E-state index contributed by atoms with van der Waals surface area (Å²) in [4.78, 5) is 15.8. The number of para-hydroxylation sites is 1. The molecule has 0 radical (unpaired) electrons. The van der Waals surface area contributed by atoms with Crippen molar-refractivity contribution >= 4 is 5.91 Å². The summed E-state index contributed by atoms with van der Waals surface area (Å²) in [5, 5.41) is 10.6. The van der Waals surface area contributed by atoms with Crippen LogP contribution in [0.15, 0.2) is 53.2 Å². The van der Waals surface area contributed by atoms with Crippen LogP contribution in [0.2, 0.25) is 0 Å². The number of methoxy groups -OCH3 is 1. The van der Waals surface area contributed by atoms with E-state index in [1.165, 1.54) is 6.20 Å². The Morgan fingerprint density at radius 3 is 2.87 bits per heavy atom. The first kappa shape index (κ1) is 14.7. The molecule has 1 aromatic carbocycles. The molecule has 0 fully saturated rings. The van der Waals surface area contributed by atoms with Crippen molar-refractivity contribution in [3.63, 3.8) is 0 Å². The number of pyridine rings is 1. The lowest BCUT2D eigenvalue weighted by Crippen LogP contribution is -2.23. The van der Waals surface area contributed by atoms with Crippen molar-refractivity contribution in [3.05, 3.63) is 60.2 Å². The largest absolute Gasteiger partial charge is 0.496 e. The number of aromatic nitrogens is 3. The number of nitrogens with zero attached hydrogens (tertiary/aromatic N) is 3. The van der Waals surface area contributed by atoms with Crippen LogP contribution in [-0.4, -0.2) is 28.2 Å². The minimum atomic E-state index is -0.254. The number of benzene rings is 1. The van der Waals surface area contributed by atoms with Crippen molar-refractivity contribution in [1.82, 2.24) is 20.5 Å². The topological polar surface area (TPSA) is 90.1 Å². The van der Waals surface area contributed by atoms with Gasteiger partial charge in [-0.25, -0.2) is 0 Å². The first-order valence-electron chi connectivity index (χ1n) is 6.92. The van der Waals surface area contributed by atoms with Crippen molar-refractivity contribution in [3.8, 4) is 17.2 Å². The fourth-order valence-electron chi connectivity index (χ4n) is 2.01. The summed E-state index contributed by atoms with van der Waals surface area (Å²) in [5.74, 6) is 1.04. The Kier molecular flexibility index (Phi) is 4.28. The van der Waals surface area contributed by atoms with E-state index in [9.17, 15) is 4.79 Å². The molecular weight excluding hydrogens is 296 g/mol. The molecule has 23 heavy (non-hydrogen) atoms. The van der Waals surface area contributed by atoms with E-state index in [2.05, 4.69) is 20.5 Å². The molecular formula is C16H14N4O3. The van der Waals surface area contributed by atoms with Gasteiger partial charge in [-0.1, -0.05) is 12.1 Å². The fraction of sp³-hybridized carbons (Fsp3) is 0.125. The summed E-state index contributed by atoms with van der Waals surface area (Å²) in [6.45, 7) is 0.135. The molecule has 3 aromatic rings. The number of hydrogen-bond acceptors (Lipinski definition) is 6. The number of rotatable bonds is 5. The van der Waals surface area contributed by atoms with Crippen LogP contribution in [0.5, 0.6) is 5.75 Å². The van der Waals surface area contributed by atoms with Crippen molar-refractivity contribution in [1.29, 1.82) is 0 Å². The second-order valence-corrected chi connectivity index (χ2v) is 4.63. The van der Waals surface area contributed by atoms with Gasteiger partial charge in [0.1, 0.15) is 5.75 Å². The number of carbonyl (C=O) groups is 1. The average molecular weight is 310 g/mol. The molecule has 0 saturated heterocycles. The van der Waals surface area contributed by atoms with Gasteiger partial charge >= 0.3 is 0 Å². The van der Waals surface area contributed by atoms with E-state index < -0.39 is 0 Å². The van der Waals surface area contributed by atoms with Crippen LogP contribution >= 0.6 is 0 Å². The number of hydrogen-bond donors (Lipinski definition) is 1. The van der Waals surface area contributed by atoms with Crippen molar-refractivity contribution < 1.29 is 13.9 Å².